The van der Waals surface area contributed by atoms with Gasteiger partial charge in [0.05, 0.1) is 19.1 Å². The second kappa shape index (κ2) is 15.0. The molecule has 11 nitrogen and oxygen atoms in total. The van der Waals surface area contributed by atoms with Crippen LogP contribution in [0.15, 0.2) is 18.2 Å². The van der Waals surface area contributed by atoms with E-state index in [-0.39, 0.29) is 48.0 Å². The van der Waals surface area contributed by atoms with Crippen molar-refractivity contribution in [2.75, 3.05) is 13.2 Å². The van der Waals surface area contributed by atoms with Crippen LogP contribution in [0, 0.1) is 16.7 Å². The highest BCUT2D eigenvalue weighted by Gasteiger charge is 2.44. The van der Waals surface area contributed by atoms with Crippen molar-refractivity contribution in [1.29, 1.82) is 0 Å². The minimum atomic E-state index is -2.12. The molecule has 2 N–H and O–H groups in total. The van der Waals surface area contributed by atoms with E-state index in [1.165, 1.54) is 18.2 Å². The summed E-state index contributed by atoms with van der Waals surface area (Å²) in [5.74, 6) is -2.95. The van der Waals surface area contributed by atoms with E-state index in [2.05, 4.69) is 5.32 Å². The maximum atomic E-state index is 12.7. The van der Waals surface area contributed by atoms with Gasteiger partial charge >= 0.3 is 24.2 Å². The lowest BCUT2D eigenvalue weighted by Crippen LogP contribution is -2.60. The molecule has 0 radical (unpaired) electrons. The Kier molecular flexibility index (Phi) is 13.1. The standard InChI is InChI=1S/C30H47NO10/c1-11-19(3)24(32)41-30(25(33)34,31-20(4)12-2)16-21-13-14-22(39-26(35)37-17-28(5,6)7)23(15-21)40-27(36)38-18-29(8,9)10/h13-15,19-20,31H,11-12,16-18H2,1-10H3,(H,33,34)/t19?,20?,30-/m0/s1. The molecule has 1 rings (SSSR count). The van der Waals surface area contributed by atoms with E-state index in [0.29, 0.717) is 18.4 Å². The SMILES string of the molecule is CCC(C)N[C@@](Cc1ccc(OC(=O)OCC(C)(C)C)c(OC(=O)OCC(C)(C)C)c1)(OC(=O)C(C)CC)C(=O)O. The van der Waals surface area contributed by atoms with Crippen molar-refractivity contribution in [1.82, 2.24) is 5.32 Å². The number of nitrogens with one attached hydrogen (secondary N) is 1. The lowest BCUT2D eigenvalue weighted by Gasteiger charge is -2.34. The Morgan fingerprint density at radius 1 is 0.829 bits per heavy atom. The Morgan fingerprint density at radius 2 is 1.34 bits per heavy atom. The van der Waals surface area contributed by atoms with E-state index in [1.807, 2.05) is 48.5 Å². The van der Waals surface area contributed by atoms with Gasteiger partial charge in [-0.2, -0.15) is 0 Å². The fourth-order valence-corrected chi connectivity index (χ4v) is 3.14. The van der Waals surface area contributed by atoms with Crippen molar-refractivity contribution in [2.45, 2.75) is 100 Å². The fraction of sp³-hybridized carbons (Fsp3) is 0.667. The van der Waals surface area contributed by atoms with E-state index in [4.69, 9.17) is 23.7 Å². The van der Waals surface area contributed by atoms with Gasteiger partial charge in [-0.05, 0) is 48.3 Å². The number of carboxylic acids is 1. The van der Waals surface area contributed by atoms with Crippen molar-refractivity contribution in [2.24, 2.45) is 16.7 Å². The summed E-state index contributed by atoms with van der Waals surface area (Å²) in [7, 11) is 0. The molecule has 1 aromatic carbocycles. The second-order valence-corrected chi connectivity index (χ2v) is 12.7. The smallest absolute Gasteiger partial charge is 0.477 e. The van der Waals surface area contributed by atoms with E-state index in [9.17, 15) is 24.3 Å². The van der Waals surface area contributed by atoms with Crippen LogP contribution in [0.1, 0.15) is 87.6 Å². The molecule has 0 amide bonds. The number of carboxylic acid groups (broad SMARTS) is 1. The summed E-state index contributed by atoms with van der Waals surface area (Å²) in [6.45, 7) is 18.5. The minimum Gasteiger partial charge on any atom is -0.477 e. The fourth-order valence-electron chi connectivity index (χ4n) is 3.14. The van der Waals surface area contributed by atoms with Crippen LogP contribution in [0.5, 0.6) is 11.5 Å². The largest absolute Gasteiger partial charge is 0.513 e. The molecule has 41 heavy (non-hydrogen) atoms. The third-order valence-electron chi connectivity index (χ3n) is 5.82. The van der Waals surface area contributed by atoms with Gasteiger partial charge in [-0.1, -0.05) is 68.4 Å². The lowest BCUT2D eigenvalue weighted by molar-refractivity contribution is -0.187. The molecule has 0 aliphatic rings. The molecule has 0 bridgehead atoms. The molecule has 0 aliphatic heterocycles. The number of hydrogen-bond donors (Lipinski definition) is 2. The van der Waals surface area contributed by atoms with Gasteiger partial charge in [-0.3, -0.25) is 10.1 Å². The molecule has 232 valence electrons. The Hall–Kier alpha value is -3.34. The number of benzene rings is 1. The van der Waals surface area contributed by atoms with Crippen molar-refractivity contribution in [3.05, 3.63) is 23.8 Å². The first-order valence-electron chi connectivity index (χ1n) is 13.9. The zero-order valence-electron chi connectivity index (χ0n) is 26.0. The molecule has 0 saturated heterocycles. The predicted molar refractivity (Wildman–Crippen MR) is 152 cm³/mol. The summed E-state index contributed by atoms with van der Waals surface area (Å²) in [6, 6.07) is 3.83. The van der Waals surface area contributed by atoms with E-state index >= 15 is 0 Å². The molecular formula is C30H47NO10. The molecule has 0 heterocycles. The zero-order valence-corrected chi connectivity index (χ0v) is 26.0. The average Bonchev–Trinajstić information content (AvgIpc) is 2.86. The van der Waals surface area contributed by atoms with E-state index in [1.54, 1.807) is 20.8 Å². The number of esters is 1. The van der Waals surface area contributed by atoms with Crippen molar-refractivity contribution < 1.29 is 48.0 Å². The molecule has 11 heteroatoms. The first-order chi connectivity index (χ1) is 18.8. The average molecular weight is 582 g/mol. The van der Waals surface area contributed by atoms with Gasteiger partial charge in [-0.25, -0.2) is 14.4 Å². The summed E-state index contributed by atoms with van der Waals surface area (Å²) < 4.78 is 26.6. The van der Waals surface area contributed by atoms with Crippen molar-refractivity contribution >= 4 is 24.2 Å². The number of rotatable bonds is 13. The highest BCUT2D eigenvalue weighted by molar-refractivity contribution is 5.83. The molecule has 0 fully saturated rings. The van der Waals surface area contributed by atoms with Crippen LogP contribution in [0.4, 0.5) is 9.59 Å². The summed E-state index contributed by atoms with van der Waals surface area (Å²) in [6.07, 6.45) is -1.36. The van der Waals surface area contributed by atoms with Gasteiger partial charge < -0.3 is 28.8 Å². The summed E-state index contributed by atoms with van der Waals surface area (Å²) in [5, 5.41) is 13.2. The van der Waals surface area contributed by atoms with Gasteiger partial charge in [0.1, 0.15) is 0 Å². The molecule has 0 aromatic heterocycles. The normalized spacial score (nSPS) is 14.7. The van der Waals surface area contributed by atoms with Crippen LogP contribution >= 0.6 is 0 Å². The monoisotopic (exact) mass is 581 g/mol. The number of carbonyl (C=O) groups is 4. The maximum Gasteiger partial charge on any atom is 0.513 e. The van der Waals surface area contributed by atoms with Gasteiger partial charge in [0.25, 0.3) is 5.72 Å². The van der Waals surface area contributed by atoms with Gasteiger partial charge in [0.15, 0.2) is 11.5 Å². The van der Waals surface area contributed by atoms with Crippen LogP contribution in [0.2, 0.25) is 0 Å². The topological polar surface area (TPSA) is 147 Å². The van der Waals surface area contributed by atoms with Crippen molar-refractivity contribution in [3.8, 4) is 11.5 Å². The van der Waals surface area contributed by atoms with Gasteiger partial charge in [0, 0.05) is 12.5 Å². The second-order valence-electron chi connectivity index (χ2n) is 12.7. The van der Waals surface area contributed by atoms with Crippen LogP contribution in [-0.4, -0.2) is 54.3 Å². The Labute approximate surface area is 243 Å². The maximum absolute atomic E-state index is 12.7. The van der Waals surface area contributed by atoms with Crippen molar-refractivity contribution in [3.63, 3.8) is 0 Å². The first-order valence-corrected chi connectivity index (χ1v) is 13.9. The molecule has 0 saturated carbocycles. The number of aliphatic carboxylic acids is 1. The van der Waals surface area contributed by atoms with Crippen LogP contribution in [0.3, 0.4) is 0 Å². The Balaban J connectivity index is 3.46. The third kappa shape index (κ3) is 12.8. The van der Waals surface area contributed by atoms with Crippen LogP contribution in [0.25, 0.3) is 0 Å². The van der Waals surface area contributed by atoms with Gasteiger partial charge in [0.2, 0.25) is 0 Å². The molecule has 1 aromatic rings. The summed E-state index contributed by atoms with van der Waals surface area (Å²) in [5.41, 5.74) is -2.45. The minimum absolute atomic E-state index is 0.0574. The predicted octanol–water partition coefficient (Wildman–Crippen LogP) is 6.11. The zero-order chi connectivity index (χ0) is 31.6. The third-order valence-corrected chi connectivity index (χ3v) is 5.82. The highest BCUT2D eigenvalue weighted by Crippen LogP contribution is 2.32. The van der Waals surface area contributed by atoms with Gasteiger partial charge in [-0.15, -0.1) is 0 Å². The highest BCUT2D eigenvalue weighted by atomic mass is 16.7. The number of hydrogen-bond acceptors (Lipinski definition) is 10. The van der Waals surface area contributed by atoms with E-state index < -0.39 is 35.9 Å². The summed E-state index contributed by atoms with van der Waals surface area (Å²) >= 11 is 0. The molecular weight excluding hydrogens is 534 g/mol. The Morgan fingerprint density at radius 3 is 1.78 bits per heavy atom. The van der Waals surface area contributed by atoms with E-state index in [0.717, 1.165) is 0 Å². The number of ether oxygens (including phenoxy) is 5. The number of carbonyl (C=O) groups excluding carboxylic acids is 3. The molecule has 3 atom stereocenters. The molecule has 2 unspecified atom stereocenters. The molecule has 0 aliphatic carbocycles. The summed E-state index contributed by atoms with van der Waals surface area (Å²) in [4.78, 5) is 50.2. The Bertz CT molecular complexity index is 1060. The van der Waals surface area contributed by atoms with Crippen LogP contribution in [-0.2, 0) is 30.2 Å². The lowest BCUT2D eigenvalue weighted by atomic mass is 9.99. The molecule has 0 spiro atoms. The quantitative estimate of drug-likeness (QED) is 0.120. The van der Waals surface area contributed by atoms with Crippen LogP contribution < -0.4 is 14.8 Å². The first kappa shape index (κ1) is 35.7.